The molecule has 1 heterocycles. The molecule has 3 rings (SSSR count). The van der Waals surface area contributed by atoms with Crippen molar-refractivity contribution in [2.24, 2.45) is 0 Å². The second kappa shape index (κ2) is 8.14. The second-order valence-electron chi connectivity index (χ2n) is 6.34. The molecule has 132 valence electrons. The zero-order valence-electron chi connectivity index (χ0n) is 14.4. The number of anilines is 1. The third-order valence-electron chi connectivity index (χ3n) is 4.54. The summed E-state index contributed by atoms with van der Waals surface area (Å²) in [4.78, 5) is 14.7. The molecule has 0 saturated carbocycles. The highest BCUT2D eigenvalue weighted by atomic mass is 16.5. The van der Waals surface area contributed by atoms with E-state index in [1.165, 1.54) is 0 Å². The van der Waals surface area contributed by atoms with Crippen molar-refractivity contribution < 1.29 is 14.6 Å². The average molecular weight is 340 g/mol. The Labute approximate surface area is 148 Å². The van der Waals surface area contributed by atoms with E-state index < -0.39 is 0 Å². The van der Waals surface area contributed by atoms with Gasteiger partial charge in [0.05, 0.1) is 17.8 Å². The fraction of sp³-hybridized carbons (Fsp3) is 0.350. The van der Waals surface area contributed by atoms with Crippen LogP contribution in [0.2, 0.25) is 0 Å². The van der Waals surface area contributed by atoms with Crippen LogP contribution in [0, 0.1) is 0 Å². The maximum absolute atomic E-state index is 12.6. The Morgan fingerprint density at radius 1 is 1.12 bits per heavy atom. The number of piperidine rings is 1. The van der Waals surface area contributed by atoms with Crippen molar-refractivity contribution in [1.82, 2.24) is 4.90 Å². The minimum absolute atomic E-state index is 0.0690. The second-order valence-corrected chi connectivity index (χ2v) is 6.34. The van der Waals surface area contributed by atoms with Crippen molar-refractivity contribution in [2.75, 3.05) is 18.4 Å². The van der Waals surface area contributed by atoms with Gasteiger partial charge in [0.1, 0.15) is 5.75 Å². The van der Waals surface area contributed by atoms with Gasteiger partial charge in [-0.05, 0) is 44.0 Å². The number of carbonyl (C=O) groups is 1. The molecule has 5 heteroatoms. The Hall–Kier alpha value is -2.37. The summed E-state index contributed by atoms with van der Waals surface area (Å²) in [7, 11) is 0. The lowest BCUT2D eigenvalue weighted by atomic mass is 10.1. The van der Waals surface area contributed by atoms with Crippen molar-refractivity contribution in [3.8, 4) is 11.5 Å². The largest absolute Gasteiger partial charge is 0.455 e. The summed E-state index contributed by atoms with van der Waals surface area (Å²) in [5, 5.41) is 12.6. The fourth-order valence-corrected chi connectivity index (χ4v) is 2.95. The number of nitrogens with one attached hydrogen (secondary N) is 1. The Bertz CT molecular complexity index is 697. The van der Waals surface area contributed by atoms with Crippen LogP contribution in [0.3, 0.4) is 0 Å². The van der Waals surface area contributed by atoms with E-state index in [9.17, 15) is 9.90 Å². The van der Waals surface area contributed by atoms with E-state index >= 15 is 0 Å². The summed E-state index contributed by atoms with van der Waals surface area (Å²) < 4.78 is 5.89. The number of hydrogen-bond donors (Lipinski definition) is 2. The van der Waals surface area contributed by atoms with Gasteiger partial charge in [-0.15, -0.1) is 0 Å². The summed E-state index contributed by atoms with van der Waals surface area (Å²) in [5.41, 5.74) is 0.653. The number of para-hydroxylation sites is 3. The molecule has 1 fully saturated rings. The van der Waals surface area contributed by atoms with Crippen LogP contribution in [0.15, 0.2) is 54.6 Å². The van der Waals surface area contributed by atoms with E-state index in [1.807, 2.05) is 61.5 Å². The summed E-state index contributed by atoms with van der Waals surface area (Å²) in [6.07, 6.45) is 1.18. The lowest BCUT2D eigenvalue weighted by Gasteiger charge is -2.33. The molecule has 2 aromatic rings. The molecule has 1 amide bonds. The predicted octanol–water partition coefficient (Wildman–Crippen LogP) is 3.26. The van der Waals surface area contributed by atoms with E-state index in [4.69, 9.17) is 4.74 Å². The van der Waals surface area contributed by atoms with Gasteiger partial charge in [0.15, 0.2) is 5.75 Å². The Morgan fingerprint density at radius 3 is 2.48 bits per heavy atom. The van der Waals surface area contributed by atoms with E-state index in [2.05, 4.69) is 10.2 Å². The Morgan fingerprint density at radius 2 is 1.76 bits per heavy atom. The van der Waals surface area contributed by atoms with Gasteiger partial charge in [-0.25, -0.2) is 0 Å². The van der Waals surface area contributed by atoms with Crippen LogP contribution in [0.5, 0.6) is 11.5 Å². The number of benzene rings is 2. The molecule has 1 unspecified atom stereocenters. The van der Waals surface area contributed by atoms with Crippen LogP contribution < -0.4 is 10.1 Å². The van der Waals surface area contributed by atoms with E-state index in [0.29, 0.717) is 24.3 Å². The highest BCUT2D eigenvalue weighted by Gasteiger charge is 2.26. The number of aliphatic hydroxyl groups excluding tert-OH is 1. The van der Waals surface area contributed by atoms with Crippen molar-refractivity contribution in [2.45, 2.75) is 31.9 Å². The first-order chi connectivity index (χ1) is 12.1. The topological polar surface area (TPSA) is 61.8 Å². The molecule has 2 N–H and O–H groups in total. The minimum atomic E-state index is -0.253. The standard InChI is InChI=1S/C20H24N2O3/c1-15(22-13-11-16(23)12-14-22)20(24)21-18-9-5-6-10-19(18)25-17-7-3-2-4-8-17/h2-10,15-16,23H,11-14H2,1H3,(H,21,24). The van der Waals surface area contributed by atoms with Crippen LogP contribution in [0.1, 0.15) is 19.8 Å². The maximum Gasteiger partial charge on any atom is 0.241 e. The van der Waals surface area contributed by atoms with Gasteiger partial charge >= 0.3 is 0 Å². The van der Waals surface area contributed by atoms with E-state index in [-0.39, 0.29) is 18.1 Å². The lowest BCUT2D eigenvalue weighted by Crippen LogP contribution is -2.47. The zero-order valence-corrected chi connectivity index (χ0v) is 14.4. The number of ether oxygens (including phenoxy) is 1. The number of amides is 1. The van der Waals surface area contributed by atoms with Gasteiger partial charge < -0.3 is 15.2 Å². The highest BCUT2D eigenvalue weighted by molar-refractivity contribution is 5.95. The molecule has 0 bridgehead atoms. The van der Waals surface area contributed by atoms with Crippen LogP contribution >= 0.6 is 0 Å². The van der Waals surface area contributed by atoms with Crippen LogP contribution in [-0.4, -0.2) is 41.1 Å². The van der Waals surface area contributed by atoms with Gasteiger partial charge in [0.2, 0.25) is 5.91 Å². The summed E-state index contributed by atoms with van der Waals surface area (Å²) >= 11 is 0. The molecule has 1 saturated heterocycles. The molecule has 1 aliphatic rings. The van der Waals surface area contributed by atoms with Crippen molar-refractivity contribution in [1.29, 1.82) is 0 Å². The van der Waals surface area contributed by atoms with Crippen LogP contribution in [0.4, 0.5) is 5.69 Å². The quantitative estimate of drug-likeness (QED) is 0.877. The van der Waals surface area contributed by atoms with Crippen LogP contribution in [-0.2, 0) is 4.79 Å². The molecule has 25 heavy (non-hydrogen) atoms. The number of carbonyl (C=O) groups excluding carboxylic acids is 1. The fourth-order valence-electron chi connectivity index (χ4n) is 2.95. The normalized spacial score (nSPS) is 17.0. The molecule has 0 aromatic heterocycles. The first kappa shape index (κ1) is 17.5. The van der Waals surface area contributed by atoms with Gasteiger partial charge in [-0.1, -0.05) is 30.3 Å². The molecule has 0 aliphatic carbocycles. The maximum atomic E-state index is 12.6. The number of aliphatic hydroxyl groups is 1. The summed E-state index contributed by atoms with van der Waals surface area (Å²) in [6.45, 7) is 3.36. The number of hydrogen-bond acceptors (Lipinski definition) is 4. The molecule has 2 aromatic carbocycles. The highest BCUT2D eigenvalue weighted by Crippen LogP contribution is 2.29. The molecule has 0 spiro atoms. The molecule has 1 aliphatic heterocycles. The first-order valence-electron chi connectivity index (χ1n) is 8.68. The number of rotatable bonds is 5. The molecule has 1 atom stereocenters. The van der Waals surface area contributed by atoms with Crippen molar-refractivity contribution in [3.63, 3.8) is 0 Å². The molecular weight excluding hydrogens is 316 g/mol. The Balaban J connectivity index is 1.67. The van der Waals surface area contributed by atoms with E-state index in [0.717, 1.165) is 18.8 Å². The van der Waals surface area contributed by atoms with Gasteiger partial charge in [0.25, 0.3) is 0 Å². The van der Waals surface area contributed by atoms with Crippen LogP contribution in [0.25, 0.3) is 0 Å². The number of nitrogens with zero attached hydrogens (tertiary/aromatic N) is 1. The number of likely N-dealkylation sites (tertiary alicyclic amines) is 1. The summed E-state index contributed by atoms with van der Waals surface area (Å²) in [6, 6.07) is 16.7. The van der Waals surface area contributed by atoms with E-state index in [1.54, 1.807) is 0 Å². The van der Waals surface area contributed by atoms with Crippen molar-refractivity contribution in [3.05, 3.63) is 54.6 Å². The molecule has 5 nitrogen and oxygen atoms in total. The third kappa shape index (κ3) is 4.59. The summed E-state index contributed by atoms with van der Waals surface area (Å²) in [5.74, 6) is 1.27. The smallest absolute Gasteiger partial charge is 0.241 e. The lowest BCUT2D eigenvalue weighted by molar-refractivity contribution is -0.121. The monoisotopic (exact) mass is 340 g/mol. The SMILES string of the molecule is CC(C(=O)Nc1ccccc1Oc1ccccc1)N1CCC(O)CC1. The van der Waals surface area contributed by atoms with Gasteiger partial charge in [-0.3, -0.25) is 9.69 Å². The third-order valence-corrected chi connectivity index (χ3v) is 4.54. The predicted molar refractivity (Wildman–Crippen MR) is 97.9 cm³/mol. The minimum Gasteiger partial charge on any atom is -0.455 e. The Kier molecular flexibility index (Phi) is 5.68. The average Bonchev–Trinajstić information content (AvgIpc) is 2.64. The molecule has 0 radical (unpaired) electrons. The van der Waals surface area contributed by atoms with Gasteiger partial charge in [-0.2, -0.15) is 0 Å². The first-order valence-corrected chi connectivity index (χ1v) is 8.68. The van der Waals surface area contributed by atoms with Crippen molar-refractivity contribution >= 4 is 11.6 Å². The van der Waals surface area contributed by atoms with Gasteiger partial charge in [0, 0.05) is 13.1 Å². The zero-order chi connectivity index (χ0) is 17.6. The molecular formula is C20H24N2O3.